The minimum absolute atomic E-state index is 0.299. The number of carbonyl (C=O) groups is 1. The monoisotopic (exact) mass is 396 g/mol. The van der Waals surface area contributed by atoms with Crippen LogP contribution in [0.1, 0.15) is 23.7 Å². The highest BCUT2D eigenvalue weighted by atomic mass is 19.1. The lowest BCUT2D eigenvalue weighted by molar-refractivity contribution is 0.139. The zero-order valence-corrected chi connectivity index (χ0v) is 15.5. The largest absolute Gasteiger partial charge is 0.353 e. The Morgan fingerprint density at radius 3 is 2.52 bits per heavy atom. The van der Waals surface area contributed by atoms with Crippen molar-refractivity contribution in [3.8, 4) is 6.07 Å². The number of urea groups is 1. The summed E-state index contributed by atoms with van der Waals surface area (Å²) in [5, 5.41) is 14.4. The molecule has 4 rings (SSSR count). The van der Waals surface area contributed by atoms with Crippen LogP contribution >= 0.6 is 0 Å². The summed E-state index contributed by atoms with van der Waals surface area (Å²) in [4.78, 5) is 20.9. The van der Waals surface area contributed by atoms with Crippen LogP contribution in [0, 0.1) is 23.0 Å². The summed E-state index contributed by atoms with van der Waals surface area (Å²) in [6.45, 7) is 2.02. The Hall–Kier alpha value is -3.54. The Labute approximate surface area is 166 Å². The van der Waals surface area contributed by atoms with Crippen molar-refractivity contribution in [1.29, 1.82) is 5.26 Å². The standard InChI is InChI=1S/C20H18F2N6O/c21-15-10-14(11-16(22)12-15)18-4-5-24-28(18)20(29)27-8-6-26(7-9-27)19-3-1-2-17(13-23)25-19/h1-3,5,10-12,18H,4,6-9H2/t18-/m0/s1. The van der Waals surface area contributed by atoms with E-state index in [0.717, 1.165) is 6.07 Å². The van der Waals surface area contributed by atoms with E-state index in [4.69, 9.17) is 5.26 Å². The lowest BCUT2D eigenvalue weighted by Gasteiger charge is -2.37. The van der Waals surface area contributed by atoms with Gasteiger partial charge < -0.3 is 9.80 Å². The van der Waals surface area contributed by atoms with Crippen molar-refractivity contribution in [2.75, 3.05) is 31.1 Å². The van der Waals surface area contributed by atoms with E-state index >= 15 is 0 Å². The number of nitrogens with zero attached hydrogens (tertiary/aromatic N) is 6. The number of anilines is 1. The molecule has 0 unspecified atom stereocenters. The van der Waals surface area contributed by atoms with Gasteiger partial charge in [0, 0.05) is 44.9 Å². The van der Waals surface area contributed by atoms with Crippen LogP contribution in [0.25, 0.3) is 0 Å². The molecule has 2 amide bonds. The molecule has 0 spiro atoms. The van der Waals surface area contributed by atoms with E-state index in [2.05, 4.69) is 10.1 Å². The van der Waals surface area contributed by atoms with Crippen LogP contribution in [0.2, 0.25) is 0 Å². The van der Waals surface area contributed by atoms with Crippen molar-refractivity contribution in [3.63, 3.8) is 0 Å². The Balaban J connectivity index is 1.43. The number of benzene rings is 1. The Kier molecular flexibility index (Phi) is 5.08. The fraction of sp³-hybridized carbons (Fsp3) is 0.300. The normalized spacial score (nSPS) is 18.8. The average molecular weight is 396 g/mol. The first-order valence-electron chi connectivity index (χ1n) is 9.24. The maximum atomic E-state index is 13.6. The summed E-state index contributed by atoms with van der Waals surface area (Å²) in [5.74, 6) is -0.663. The fourth-order valence-electron chi connectivity index (χ4n) is 3.58. The van der Waals surface area contributed by atoms with Gasteiger partial charge in [0.1, 0.15) is 29.2 Å². The maximum Gasteiger partial charge on any atom is 0.341 e. The van der Waals surface area contributed by atoms with Crippen molar-refractivity contribution in [2.45, 2.75) is 12.5 Å². The fourth-order valence-corrected chi connectivity index (χ4v) is 3.58. The van der Waals surface area contributed by atoms with Gasteiger partial charge in [-0.25, -0.2) is 23.6 Å². The molecule has 0 bridgehead atoms. The third kappa shape index (κ3) is 3.87. The first-order valence-corrected chi connectivity index (χ1v) is 9.24. The zero-order valence-electron chi connectivity index (χ0n) is 15.5. The van der Waals surface area contributed by atoms with Gasteiger partial charge in [-0.1, -0.05) is 6.07 Å². The molecule has 1 aromatic heterocycles. The summed E-state index contributed by atoms with van der Waals surface area (Å²) in [7, 11) is 0. The smallest absolute Gasteiger partial charge is 0.341 e. The molecule has 1 fully saturated rings. The number of hydrogen-bond acceptors (Lipinski definition) is 5. The number of piperazine rings is 1. The van der Waals surface area contributed by atoms with E-state index in [9.17, 15) is 13.6 Å². The van der Waals surface area contributed by atoms with Gasteiger partial charge in [0.25, 0.3) is 0 Å². The molecule has 9 heteroatoms. The minimum Gasteiger partial charge on any atom is -0.353 e. The Morgan fingerprint density at radius 2 is 1.83 bits per heavy atom. The predicted octanol–water partition coefficient (Wildman–Crippen LogP) is 2.91. The van der Waals surface area contributed by atoms with Crippen LogP contribution in [0.3, 0.4) is 0 Å². The third-order valence-electron chi connectivity index (χ3n) is 5.02. The van der Waals surface area contributed by atoms with Gasteiger partial charge in [0.15, 0.2) is 0 Å². The van der Waals surface area contributed by atoms with Crippen LogP contribution in [0.5, 0.6) is 0 Å². The number of hydrogen-bond donors (Lipinski definition) is 0. The van der Waals surface area contributed by atoms with Gasteiger partial charge in [-0.3, -0.25) is 0 Å². The van der Waals surface area contributed by atoms with Gasteiger partial charge in [0.05, 0.1) is 6.04 Å². The Bertz CT molecular complexity index is 976. The van der Waals surface area contributed by atoms with Crippen molar-refractivity contribution in [1.82, 2.24) is 14.9 Å². The van der Waals surface area contributed by atoms with E-state index in [1.54, 1.807) is 23.2 Å². The van der Waals surface area contributed by atoms with Crippen LogP contribution in [0.4, 0.5) is 19.4 Å². The van der Waals surface area contributed by atoms with Crippen LogP contribution < -0.4 is 4.90 Å². The summed E-state index contributed by atoms with van der Waals surface area (Å²) < 4.78 is 27.2. The van der Waals surface area contributed by atoms with Gasteiger partial charge in [-0.2, -0.15) is 10.4 Å². The van der Waals surface area contributed by atoms with Crippen LogP contribution in [-0.2, 0) is 0 Å². The third-order valence-corrected chi connectivity index (χ3v) is 5.02. The molecule has 0 aliphatic carbocycles. The summed E-state index contributed by atoms with van der Waals surface area (Å²) in [5.41, 5.74) is 0.724. The molecular formula is C20H18F2N6O. The topological polar surface area (TPSA) is 75.8 Å². The first-order chi connectivity index (χ1) is 14.0. The molecule has 0 N–H and O–H groups in total. The first kappa shape index (κ1) is 18.8. The van der Waals surface area contributed by atoms with Crippen LogP contribution in [0.15, 0.2) is 41.5 Å². The molecule has 2 aromatic rings. The van der Waals surface area contributed by atoms with Gasteiger partial charge in [0.2, 0.25) is 0 Å². The highest BCUT2D eigenvalue weighted by Gasteiger charge is 2.33. The minimum atomic E-state index is -0.681. The second-order valence-corrected chi connectivity index (χ2v) is 6.85. The number of hydrazone groups is 1. The predicted molar refractivity (Wildman–Crippen MR) is 102 cm³/mol. The SMILES string of the molecule is N#Cc1cccc(N2CCN(C(=O)N3N=CC[C@H]3c3cc(F)cc(F)c3)CC2)n1. The second kappa shape index (κ2) is 7.83. The molecule has 29 heavy (non-hydrogen) atoms. The summed E-state index contributed by atoms with van der Waals surface area (Å²) in [6.07, 6.45) is 1.98. The lowest BCUT2D eigenvalue weighted by atomic mass is 10.0. The number of rotatable bonds is 2. The van der Waals surface area contributed by atoms with E-state index < -0.39 is 17.7 Å². The zero-order chi connectivity index (χ0) is 20.4. The van der Waals surface area contributed by atoms with E-state index in [0.29, 0.717) is 49.7 Å². The molecule has 0 saturated carbocycles. The van der Waals surface area contributed by atoms with Crippen molar-refractivity contribution in [3.05, 3.63) is 59.3 Å². The Morgan fingerprint density at radius 1 is 1.10 bits per heavy atom. The van der Waals surface area contributed by atoms with Gasteiger partial charge in [-0.15, -0.1) is 0 Å². The van der Waals surface area contributed by atoms with E-state index in [1.807, 2.05) is 17.0 Å². The molecule has 1 saturated heterocycles. The number of amides is 2. The molecule has 1 aromatic carbocycles. The maximum absolute atomic E-state index is 13.6. The molecule has 7 nitrogen and oxygen atoms in total. The van der Waals surface area contributed by atoms with E-state index in [1.165, 1.54) is 17.1 Å². The molecular weight excluding hydrogens is 378 g/mol. The number of nitriles is 1. The quantitative estimate of drug-likeness (QED) is 0.782. The summed E-state index contributed by atoms with van der Waals surface area (Å²) in [6, 6.07) is 9.71. The molecule has 2 aliphatic heterocycles. The summed E-state index contributed by atoms with van der Waals surface area (Å²) >= 11 is 0. The molecule has 3 heterocycles. The molecule has 0 radical (unpaired) electrons. The number of carbonyl (C=O) groups excluding carboxylic acids is 1. The van der Waals surface area contributed by atoms with Crippen molar-refractivity contribution >= 4 is 18.1 Å². The number of pyridine rings is 1. The molecule has 1 atom stereocenters. The van der Waals surface area contributed by atoms with E-state index in [-0.39, 0.29) is 6.03 Å². The molecule has 148 valence electrons. The van der Waals surface area contributed by atoms with Gasteiger partial charge in [-0.05, 0) is 29.8 Å². The highest BCUT2D eigenvalue weighted by molar-refractivity contribution is 5.78. The highest BCUT2D eigenvalue weighted by Crippen LogP contribution is 2.30. The van der Waals surface area contributed by atoms with Crippen molar-refractivity contribution < 1.29 is 13.6 Å². The number of halogens is 2. The van der Waals surface area contributed by atoms with Crippen LogP contribution in [-0.4, -0.2) is 53.3 Å². The molecule has 2 aliphatic rings. The average Bonchev–Trinajstić information content (AvgIpc) is 3.23. The lowest BCUT2D eigenvalue weighted by Crippen LogP contribution is -2.52. The van der Waals surface area contributed by atoms with Gasteiger partial charge >= 0.3 is 6.03 Å². The van der Waals surface area contributed by atoms with Crippen molar-refractivity contribution in [2.24, 2.45) is 5.10 Å². The number of aromatic nitrogens is 1. The second-order valence-electron chi connectivity index (χ2n) is 6.85.